The van der Waals surface area contributed by atoms with E-state index in [2.05, 4.69) is 31.0 Å². The highest BCUT2D eigenvalue weighted by Gasteiger charge is 2.14. The fourth-order valence-corrected chi connectivity index (χ4v) is 2.21. The van der Waals surface area contributed by atoms with Crippen molar-refractivity contribution in [3.05, 3.63) is 34.9 Å². The molecule has 0 fully saturated rings. The number of hydrogen-bond acceptors (Lipinski definition) is 2. The summed E-state index contributed by atoms with van der Waals surface area (Å²) in [6.45, 7) is 3.97. The van der Waals surface area contributed by atoms with Gasteiger partial charge in [0.2, 0.25) is 0 Å². The third-order valence-corrected chi connectivity index (χ3v) is 3.10. The third-order valence-electron chi connectivity index (χ3n) is 2.87. The predicted molar refractivity (Wildman–Crippen MR) is 70.8 cm³/mol. The Morgan fingerprint density at radius 3 is 2.75 bits per heavy atom. The molecule has 1 unspecified atom stereocenters. The van der Waals surface area contributed by atoms with Gasteiger partial charge in [-0.1, -0.05) is 30.7 Å². The van der Waals surface area contributed by atoms with Crippen LogP contribution in [-0.4, -0.2) is 25.0 Å². The zero-order valence-electron chi connectivity index (χ0n) is 10.1. The normalized spacial score (nSPS) is 13.1. The maximum Gasteiger partial charge on any atom is 0.0409 e. The molecule has 0 radical (unpaired) electrons. The van der Waals surface area contributed by atoms with Crippen LogP contribution in [0.3, 0.4) is 0 Å². The van der Waals surface area contributed by atoms with E-state index in [-0.39, 0.29) is 0 Å². The Morgan fingerprint density at radius 2 is 2.19 bits per heavy atom. The topological polar surface area (TPSA) is 29.3 Å². The van der Waals surface area contributed by atoms with Gasteiger partial charge in [-0.15, -0.1) is 0 Å². The minimum absolute atomic E-state index is 0.435. The first kappa shape index (κ1) is 13.5. The summed E-state index contributed by atoms with van der Waals surface area (Å²) < 4.78 is 0. The second-order valence-electron chi connectivity index (χ2n) is 4.10. The van der Waals surface area contributed by atoms with Crippen LogP contribution in [0.25, 0.3) is 0 Å². The molecule has 2 nitrogen and oxygen atoms in total. The summed E-state index contributed by atoms with van der Waals surface area (Å²) in [5, 5.41) is 0.808. The molecule has 1 aromatic carbocycles. The lowest BCUT2D eigenvalue weighted by Crippen LogP contribution is -2.26. The zero-order chi connectivity index (χ0) is 12.0. The van der Waals surface area contributed by atoms with Crippen LogP contribution in [0.15, 0.2) is 24.3 Å². The molecule has 1 rings (SSSR count). The van der Waals surface area contributed by atoms with E-state index in [1.807, 2.05) is 12.1 Å². The van der Waals surface area contributed by atoms with Crippen LogP contribution in [0, 0.1) is 0 Å². The summed E-state index contributed by atoms with van der Waals surface area (Å²) >= 11 is 6.02. The second-order valence-corrected chi connectivity index (χ2v) is 4.54. The van der Waals surface area contributed by atoms with Gasteiger partial charge in [0.15, 0.2) is 0 Å². The smallest absolute Gasteiger partial charge is 0.0409 e. The monoisotopic (exact) mass is 240 g/mol. The first-order valence-corrected chi connectivity index (χ1v) is 6.22. The molecule has 0 amide bonds. The molecule has 90 valence electrons. The number of hydrogen-bond donors (Lipinski definition) is 1. The first-order valence-electron chi connectivity index (χ1n) is 5.84. The molecule has 3 heteroatoms. The number of rotatable bonds is 6. The largest absolute Gasteiger partial charge is 0.330 e. The van der Waals surface area contributed by atoms with Gasteiger partial charge in [0.1, 0.15) is 0 Å². The molecule has 0 saturated heterocycles. The van der Waals surface area contributed by atoms with Gasteiger partial charge < -0.3 is 5.73 Å². The van der Waals surface area contributed by atoms with Crippen LogP contribution in [0.4, 0.5) is 0 Å². The lowest BCUT2D eigenvalue weighted by molar-refractivity contribution is 0.237. The Morgan fingerprint density at radius 1 is 1.44 bits per heavy atom. The molecule has 0 aliphatic rings. The molecule has 0 heterocycles. The Balaban J connectivity index is 2.73. The van der Waals surface area contributed by atoms with E-state index in [1.165, 1.54) is 5.56 Å². The minimum atomic E-state index is 0.435. The van der Waals surface area contributed by atoms with Crippen molar-refractivity contribution < 1.29 is 0 Å². The van der Waals surface area contributed by atoms with E-state index in [9.17, 15) is 0 Å². The summed E-state index contributed by atoms with van der Waals surface area (Å²) in [5.74, 6) is 0. The van der Waals surface area contributed by atoms with Crippen LogP contribution in [-0.2, 0) is 0 Å². The predicted octanol–water partition coefficient (Wildman–Crippen LogP) is 3.07. The number of nitrogens with two attached hydrogens (primary N) is 1. The molecule has 0 spiro atoms. The van der Waals surface area contributed by atoms with Crippen LogP contribution >= 0.6 is 11.6 Å². The highest BCUT2D eigenvalue weighted by Crippen LogP contribution is 2.25. The Kier molecular flexibility index (Phi) is 5.81. The molecule has 0 aliphatic heterocycles. The van der Waals surface area contributed by atoms with E-state index in [1.54, 1.807) is 0 Å². The van der Waals surface area contributed by atoms with E-state index in [4.69, 9.17) is 17.3 Å². The van der Waals surface area contributed by atoms with Crippen molar-refractivity contribution in [2.24, 2.45) is 5.73 Å². The molecule has 0 saturated carbocycles. The fraction of sp³-hybridized carbons (Fsp3) is 0.538. The quantitative estimate of drug-likeness (QED) is 0.828. The summed E-state index contributed by atoms with van der Waals surface area (Å²) in [4.78, 5) is 2.35. The maximum atomic E-state index is 6.02. The molecular weight excluding hydrogens is 220 g/mol. The third kappa shape index (κ3) is 3.78. The maximum absolute atomic E-state index is 6.02. The molecular formula is C13H21ClN2. The number of nitrogens with zero attached hydrogens (tertiary/aromatic N) is 1. The van der Waals surface area contributed by atoms with E-state index >= 15 is 0 Å². The highest BCUT2D eigenvalue weighted by molar-refractivity contribution is 6.30. The molecule has 0 aromatic heterocycles. The second kappa shape index (κ2) is 6.89. The lowest BCUT2D eigenvalue weighted by atomic mass is 10.0. The van der Waals surface area contributed by atoms with Crippen molar-refractivity contribution in [2.45, 2.75) is 25.8 Å². The molecule has 2 N–H and O–H groups in total. The average molecular weight is 241 g/mol. The SMILES string of the molecule is CCC(c1cccc(Cl)c1)N(C)CCCN. The van der Waals surface area contributed by atoms with Crippen LogP contribution < -0.4 is 5.73 Å². The van der Waals surface area contributed by atoms with Crippen molar-refractivity contribution in [1.29, 1.82) is 0 Å². The van der Waals surface area contributed by atoms with Gasteiger partial charge in [0.25, 0.3) is 0 Å². The van der Waals surface area contributed by atoms with Crippen LogP contribution in [0.1, 0.15) is 31.4 Å². The van der Waals surface area contributed by atoms with Gasteiger partial charge >= 0.3 is 0 Å². The highest BCUT2D eigenvalue weighted by atomic mass is 35.5. The van der Waals surface area contributed by atoms with Crippen LogP contribution in [0.2, 0.25) is 5.02 Å². The standard InChI is InChI=1S/C13H21ClN2/c1-3-13(16(2)9-5-8-15)11-6-4-7-12(14)10-11/h4,6-7,10,13H,3,5,8-9,15H2,1-2H3. The fourth-order valence-electron chi connectivity index (χ4n) is 2.01. The van der Waals surface area contributed by atoms with Crippen molar-refractivity contribution >= 4 is 11.6 Å². The van der Waals surface area contributed by atoms with Gasteiger partial charge in [-0.2, -0.15) is 0 Å². The Hall–Kier alpha value is -0.570. The van der Waals surface area contributed by atoms with Crippen molar-refractivity contribution in [3.8, 4) is 0 Å². The minimum Gasteiger partial charge on any atom is -0.330 e. The van der Waals surface area contributed by atoms with Crippen LogP contribution in [0.5, 0.6) is 0 Å². The molecule has 16 heavy (non-hydrogen) atoms. The number of halogens is 1. The number of benzene rings is 1. The molecule has 0 aliphatic carbocycles. The van der Waals surface area contributed by atoms with Gasteiger partial charge in [0, 0.05) is 11.1 Å². The van der Waals surface area contributed by atoms with E-state index in [0.717, 1.165) is 31.0 Å². The average Bonchev–Trinajstić information content (AvgIpc) is 2.27. The summed E-state index contributed by atoms with van der Waals surface area (Å²) in [7, 11) is 2.14. The van der Waals surface area contributed by atoms with Gasteiger partial charge in [0.05, 0.1) is 0 Å². The van der Waals surface area contributed by atoms with Crippen molar-refractivity contribution in [3.63, 3.8) is 0 Å². The molecule has 0 bridgehead atoms. The van der Waals surface area contributed by atoms with Crippen molar-refractivity contribution in [1.82, 2.24) is 4.90 Å². The summed E-state index contributed by atoms with van der Waals surface area (Å²) in [6, 6.07) is 8.55. The van der Waals surface area contributed by atoms with Gasteiger partial charge in [-0.25, -0.2) is 0 Å². The first-order chi connectivity index (χ1) is 7.69. The Bertz CT molecular complexity index is 315. The molecule has 1 aromatic rings. The lowest BCUT2D eigenvalue weighted by Gasteiger charge is -2.27. The summed E-state index contributed by atoms with van der Waals surface area (Å²) in [5.41, 5.74) is 6.82. The van der Waals surface area contributed by atoms with E-state index in [0.29, 0.717) is 6.04 Å². The van der Waals surface area contributed by atoms with Gasteiger partial charge in [-0.05, 0) is 50.7 Å². The molecule has 1 atom stereocenters. The zero-order valence-corrected chi connectivity index (χ0v) is 10.9. The summed E-state index contributed by atoms with van der Waals surface area (Å²) in [6.07, 6.45) is 2.12. The Labute approximate surface area is 103 Å². The van der Waals surface area contributed by atoms with Crippen molar-refractivity contribution in [2.75, 3.05) is 20.1 Å². The van der Waals surface area contributed by atoms with Gasteiger partial charge in [-0.3, -0.25) is 4.90 Å². The van der Waals surface area contributed by atoms with E-state index < -0.39 is 0 Å².